The highest BCUT2D eigenvalue weighted by Crippen LogP contribution is 2.21. The summed E-state index contributed by atoms with van der Waals surface area (Å²) in [5.74, 6) is 0.393. The van der Waals surface area contributed by atoms with Gasteiger partial charge in [-0.15, -0.1) is 0 Å². The first-order chi connectivity index (χ1) is 9.08. The predicted molar refractivity (Wildman–Crippen MR) is 74.5 cm³/mol. The third-order valence-electron chi connectivity index (χ3n) is 2.95. The Morgan fingerprint density at radius 2 is 2.00 bits per heavy atom. The van der Waals surface area contributed by atoms with Gasteiger partial charge in [0.25, 0.3) is 5.91 Å². The SMILES string of the molecule is CC(C)C(NC(=O)c1cc(N)n[nH]1)c1ccccc1. The van der Waals surface area contributed by atoms with E-state index < -0.39 is 0 Å². The normalized spacial score (nSPS) is 12.4. The van der Waals surface area contributed by atoms with Crippen molar-refractivity contribution in [3.8, 4) is 0 Å². The molecule has 2 aromatic rings. The lowest BCUT2D eigenvalue weighted by atomic mass is 9.96. The number of nitrogens with zero attached hydrogens (tertiary/aromatic N) is 1. The van der Waals surface area contributed by atoms with Crippen molar-refractivity contribution in [2.75, 3.05) is 5.73 Å². The molecule has 0 aliphatic rings. The first-order valence-corrected chi connectivity index (χ1v) is 6.24. The Bertz CT molecular complexity index is 548. The smallest absolute Gasteiger partial charge is 0.269 e. The number of amides is 1. The highest BCUT2D eigenvalue weighted by molar-refractivity contribution is 5.93. The van der Waals surface area contributed by atoms with Gasteiger partial charge in [-0.2, -0.15) is 5.10 Å². The third-order valence-corrected chi connectivity index (χ3v) is 2.95. The van der Waals surface area contributed by atoms with Gasteiger partial charge in [-0.1, -0.05) is 44.2 Å². The zero-order chi connectivity index (χ0) is 13.8. The number of hydrogen-bond acceptors (Lipinski definition) is 3. The number of aromatic amines is 1. The molecule has 0 saturated heterocycles. The van der Waals surface area contributed by atoms with E-state index in [1.807, 2.05) is 30.3 Å². The van der Waals surface area contributed by atoms with E-state index in [0.29, 0.717) is 11.5 Å². The fraction of sp³-hybridized carbons (Fsp3) is 0.286. The second-order valence-corrected chi connectivity index (χ2v) is 4.81. The van der Waals surface area contributed by atoms with Crippen molar-refractivity contribution < 1.29 is 4.79 Å². The topological polar surface area (TPSA) is 83.8 Å². The molecule has 1 unspecified atom stereocenters. The summed E-state index contributed by atoms with van der Waals surface area (Å²) in [4.78, 5) is 12.1. The van der Waals surface area contributed by atoms with Gasteiger partial charge in [0.1, 0.15) is 11.5 Å². The maximum absolute atomic E-state index is 12.1. The Morgan fingerprint density at radius 1 is 1.32 bits per heavy atom. The molecule has 0 aliphatic carbocycles. The molecular formula is C14H18N4O. The van der Waals surface area contributed by atoms with Crippen molar-refractivity contribution >= 4 is 11.7 Å². The number of benzene rings is 1. The lowest BCUT2D eigenvalue weighted by molar-refractivity contribution is 0.0920. The molecule has 19 heavy (non-hydrogen) atoms. The van der Waals surface area contributed by atoms with Gasteiger partial charge in [-0.25, -0.2) is 0 Å². The lowest BCUT2D eigenvalue weighted by Gasteiger charge is -2.22. The van der Waals surface area contributed by atoms with Crippen LogP contribution in [0.15, 0.2) is 36.4 Å². The number of nitrogens with two attached hydrogens (primary N) is 1. The van der Waals surface area contributed by atoms with Crippen LogP contribution in [-0.4, -0.2) is 16.1 Å². The molecule has 0 spiro atoms. The van der Waals surface area contributed by atoms with E-state index in [0.717, 1.165) is 5.56 Å². The maximum atomic E-state index is 12.1. The molecule has 5 heteroatoms. The molecule has 5 nitrogen and oxygen atoms in total. The summed E-state index contributed by atoms with van der Waals surface area (Å²) in [6.07, 6.45) is 0. The number of hydrogen-bond donors (Lipinski definition) is 3. The van der Waals surface area contributed by atoms with Crippen molar-refractivity contribution in [1.29, 1.82) is 0 Å². The Labute approximate surface area is 112 Å². The van der Waals surface area contributed by atoms with E-state index in [4.69, 9.17) is 5.73 Å². The van der Waals surface area contributed by atoms with E-state index in [9.17, 15) is 4.79 Å². The van der Waals surface area contributed by atoms with E-state index >= 15 is 0 Å². The van der Waals surface area contributed by atoms with Crippen molar-refractivity contribution in [3.05, 3.63) is 47.7 Å². The molecule has 0 bridgehead atoms. The number of carbonyl (C=O) groups is 1. The summed E-state index contributed by atoms with van der Waals surface area (Å²) >= 11 is 0. The molecule has 2 rings (SSSR count). The Kier molecular flexibility index (Phi) is 3.85. The first kappa shape index (κ1) is 13.1. The molecule has 1 heterocycles. The minimum atomic E-state index is -0.202. The van der Waals surface area contributed by atoms with Crippen LogP contribution in [0.25, 0.3) is 0 Å². The molecule has 100 valence electrons. The standard InChI is InChI=1S/C14H18N4O/c1-9(2)13(10-6-4-3-5-7-10)16-14(19)11-8-12(15)18-17-11/h3-9,13H,1-2H3,(H,16,19)(H3,15,17,18). The summed E-state index contributed by atoms with van der Waals surface area (Å²) in [7, 11) is 0. The third kappa shape index (κ3) is 3.13. The zero-order valence-electron chi connectivity index (χ0n) is 11.1. The zero-order valence-corrected chi connectivity index (χ0v) is 11.1. The minimum absolute atomic E-state index is 0.0433. The molecule has 4 N–H and O–H groups in total. The van der Waals surface area contributed by atoms with Gasteiger partial charge >= 0.3 is 0 Å². The number of anilines is 1. The largest absolute Gasteiger partial charge is 0.382 e. The van der Waals surface area contributed by atoms with Gasteiger partial charge < -0.3 is 11.1 Å². The van der Waals surface area contributed by atoms with Gasteiger partial charge in [0.15, 0.2) is 0 Å². The van der Waals surface area contributed by atoms with Crippen LogP contribution in [0.4, 0.5) is 5.82 Å². The molecule has 1 aromatic heterocycles. The summed E-state index contributed by atoms with van der Waals surface area (Å²) < 4.78 is 0. The summed E-state index contributed by atoms with van der Waals surface area (Å²) in [5.41, 5.74) is 6.95. The van der Waals surface area contributed by atoms with E-state index in [1.54, 1.807) is 0 Å². The van der Waals surface area contributed by atoms with Crippen molar-refractivity contribution in [2.24, 2.45) is 5.92 Å². The van der Waals surface area contributed by atoms with Gasteiger partial charge in [-0.05, 0) is 11.5 Å². The number of H-pyrrole nitrogens is 1. The number of aromatic nitrogens is 2. The van der Waals surface area contributed by atoms with Crippen LogP contribution >= 0.6 is 0 Å². The van der Waals surface area contributed by atoms with Crippen LogP contribution in [0.2, 0.25) is 0 Å². The van der Waals surface area contributed by atoms with Crippen LogP contribution in [-0.2, 0) is 0 Å². The van der Waals surface area contributed by atoms with E-state index in [-0.39, 0.29) is 17.9 Å². The lowest BCUT2D eigenvalue weighted by Crippen LogP contribution is -2.32. The number of carbonyl (C=O) groups excluding carboxylic acids is 1. The van der Waals surface area contributed by atoms with Crippen LogP contribution in [0.3, 0.4) is 0 Å². The van der Waals surface area contributed by atoms with Crippen molar-refractivity contribution in [1.82, 2.24) is 15.5 Å². The second kappa shape index (κ2) is 5.56. The summed E-state index contributed by atoms with van der Waals surface area (Å²) in [5, 5.41) is 9.37. The molecule has 1 atom stereocenters. The van der Waals surface area contributed by atoms with Gasteiger partial charge in [0.2, 0.25) is 0 Å². The first-order valence-electron chi connectivity index (χ1n) is 6.24. The molecule has 0 radical (unpaired) electrons. The fourth-order valence-electron chi connectivity index (χ4n) is 1.97. The highest BCUT2D eigenvalue weighted by Gasteiger charge is 2.19. The quantitative estimate of drug-likeness (QED) is 0.785. The summed E-state index contributed by atoms with van der Waals surface area (Å²) in [6, 6.07) is 11.4. The van der Waals surface area contributed by atoms with Crippen molar-refractivity contribution in [2.45, 2.75) is 19.9 Å². The maximum Gasteiger partial charge on any atom is 0.269 e. The molecular weight excluding hydrogens is 240 g/mol. The van der Waals surface area contributed by atoms with Crippen LogP contribution in [0.1, 0.15) is 35.9 Å². The number of nitrogen functional groups attached to an aromatic ring is 1. The van der Waals surface area contributed by atoms with Gasteiger partial charge in [-0.3, -0.25) is 9.89 Å². The molecule has 0 aliphatic heterocycles. The van der Waals surface area contributed by atoms with Gasteiger partial charge in [0, 0.05) is 6.07 Å². The average molecular weight is 258 g/mol. The Morgan fingerprint density at radius 3 is 2.53 bits per heavy atom. The molecule has 1 amide bonds. The Hall–Kier alpha value is -2.30. The second-order valence-electron chi connectivity index (χ2n) is 4.81. The van der Waals surface area contributed by atoms with Crippen LogP contribution < -0.4 is 11.1 Å². The van der Waals surface area contributed by atoms with Crippen molar-refractivity contribution in [3.63, 3.8) is 0 Å². The minimum Gasteiger partial charge on any atom is -0.382 e. The van der Waals surface area contributed by atoms with Crippen LogP contribution in [0, 0.1) is 5.92 Å². The average Bonchev–Trinajstić information content (AvgIpc) is 2.83. The number of rotatable bonds is 4. The monoisotopic (exact) mass is 258 g/mol. The van der Waals surface area contributed by atoms with E-state index in [2.05, 4.69) is 29.4 Å². The highest BCUT2D eigenvalue weighted by atomic mass is 16.2. The summed E-state index contributed by atoms with van der Waals surface area (Å²) in [6.45, 7) is 4.14. The van der Waals surface area contributed by atoms with E-state index in [1.165, 1.54) is 6.07 Å². The number of nitrogens with one attached hydrogen (secondary N) is 2. The Balaban J connectivity index is 2.16. The van der Waals surface area contributed by atoms with Crippen LogP contribution in [0.5, 0.6) is 0 Å². The van der Waals surface area contributed by atoms with Gasteiger partial charge in [0.05, 0.1) is 6.04 Å². The predicted octanol–water partition coefficient (Wildman–Crippen LogP) is 2.12. The molecule has 1 aromatic carbocycles. The molecule has 0 fully saturated rings. The molecule has 0 saturated carbocycles. The fourth-order valence-corrected chi connectivity index (χ4v) is 1.97.